The second-order valence-corrected chi connectivity index (χ2v) is 8.50. The lowest BCUT2D eigenvalue weighted by Crippen LogP contribution is -2.38. The highest BCUT2D eigenvalue weighted by molar-refractivity contribution is 7.89. The Labute approximate surface area is 162 Å². The van der Waals surface area contributed by atoms with Crippen LogP contribution in [-0.2, 0) is 28.6 Å². The maximum Gasteiger partial charge on any atom is 0.191 e. The fourth-order valence-corrected chi connectivity index (χ4v) is 3.51. The van der Waals surface area contributed by atoms with Crippen LogP contribution in [0, 0.1) is 17.5 Å². The highest BCUT2D eigenvalue weighted by atomic mass is 32.2. The van der Waals surface area contributed by atoms with E-state index in [1.54, 1.807) is 7.05 Å². The summed E-state index contributed by atoms with van der Waals surface area (Å²) in [5.74, 6) is -1.54. The Balaban J connectivity index is 1.96. The zero-order valence-corrected chi connectivity index (χ0v) is 16.4. The number of guanidine groups is 1. The number of rotatable bonds is 7. The maximum absolute atomic E-state index is 13.6. The quantitative estimate of drug-likeness (QED) is 0.541. The molecule has 5 nitrogen and oxygen atoms in total. The minimum absolute atomic E-state index is 0.164. The van der Waals surface area contributed by atoms with E-state index in [2.05, 4.69) is 15.6 Å². The number of aliphatic imine (C=N–C) groups is 1. The van der Waals surface area contributed by atoms with Gasteiger partial charge in [-0.1, -0.05) is 6.07 Å². The zero-order chi connectivity index (χ0) is 20.7. The van der Waals surface area contributed by atoms with Gasteiger partial charge in [0.1, 0.15) is 17.5 Å². The van der Waals surface area contributed by atoms with Gasteiger partial charge in [0.2, 0.25) is 0 Å². The van der Waals surface area contributed by atoms with Crippen molar-refractivity contribution in [1.29, 1.82) is 0 Å². The summed E-state index contributed by atoms with van der Waals surface area (Å²) in [7, 11) is -1.72. The standard InChI is InChI=1S/C19H22F3N3O2S/c1-23-19(24-6-5-13-7-17(21)10-18(22)8-13)25-11-15-9-16(20)4-3-14(15)12-28(2,26)27/h3-4,7-10H,5-6,11-12H2,1-2H3,(H2,23,24,25). The summed E-state index contributed by atoms with van der Waals surface area (Å²) in [4.78, 5) is 4.03. The van der Waals surface area contributed by atoms with Gasteiger partial charge in [-0.3, -0.25) is 4.99 Å². The van der Waals surface area contributed by atoms with Gasteiger partial charge < -0.3 is 10.6 Å². The monoisotopic (exact) mass is 413 g/mol. The van der Waals surface area contributed by atoms with Crippen LogP contribution in [0.25, 0.3) is 0 Å². The molecule has 9 heteroatoms. The van der Waals surface area contributed by atoms with Crippen molar-refractivity contribution in [3.63, 3.8) is 0 Å². The van der Waals surface area contributed by atoms with Gasteiger partial charge in [-0.15, -0.1) is 0 Å². The van der Waals surface area contributed by atoms with Crippen LogP contribution in [0.1, 0.15) is 16.7 Å². The van der Waals surface area contributed by atoms with Gasteiger partial charge in [0.05, 0.1) is 5.75 Å². The van der Waals surface area contributed by atoms with E-state index in [9.17, 15) is 21.6 Å². The van der Waals surface area contributed by atoms with Crippen LogP contribution in [0.3, 0.4) is 0 Å². The minimum atomic E-state index is -3.27. The van der Waals surface area contributed by atoms with Gasteiger partial charge in [0, 0.05) is 32.5 Å². The Morgan fingerprint density at radius 1 is 0.964 bits per heavy atom. The van der Waals surface area contributed by atoms with Crippen LogP contribution in [0.15, 0.2) is 41.4 Å². The van der Waals surface area contributed by atoms with E-state index in [1.165, 1.54) is 30.3 Å². The lowest BCUT2D eigenvalue weighted by Gasteiger charge is -2.14. The second kappa shape index (κ2) is 9.59. The molecule has 0 amide bonds. The van der Waals surface area contributed by atoms with Crippen molar-refractivity contribution in [2.24, 2.45) is 4.99 Å². The third-order valence-corrected chi connectivity index (χ3v) is 4.72. The molecule has 2 aromatic carbocycles. The third kappa shape index (κ3) is 7.22. The van der Waals surface area contributed by atoms with Crippen molar-refractivity contribution in [2.45, 2.75) is 18.7 Å². The van der Waals surface area contributed by atoms with Crippen LogP contribution >= 0.6 is 0 Å². The van der Waals surface area contributed by atoms with Gasteiger partial charge in [0.25, 0.3) is 0 Å². The lowest BCUT2D eigenvalue weighted by molar-refractivity contribution is 0.579. The Kier molecular flexibility index (Phi) is 7.45. The average Bonchev–Trinajstić information content (AvgIpc) is 2.58. The van der Waals surface area contributed by atoms with E-state index in [0.717, 1.165) is 12.3 Å². The third-order valence-electron chi connectivity index (χ3n) is 3.88. The van der Waals surface area contributed by atoms with E-state index in [-0.39, 0.29) is 12.3 Å². The number of nitrogens with zero attached hydrogens (tertiary/aromatic N) is 1. The molecule has 0 radical (unpaired) electrons. The van der Waals surface area contributed by atoms with E-state index in [0.29, 0.717) is 35.6 Å². The Morgan fingerprint density at radius 2 is 1.64 bits per heavy atom. The summed E-state index contributed by atoms with van der Waals surface area (Å²) in [5.41, 5.74) is 1.50. The summed E-state index contributed by atoms with van der Waals surface area (Å²) in [6, 6.07) is 7.26. The number of nitrogens with one attached hydrogen (secondary N) is 2. The smallest absolute Gasteiger partial charge is 0.191 e. The number of hydrogen-bond acceptors (Lipinski definition) is 3. The molecule has 2 rings (SSSR count). The summed E-state index contributed by atoms with van der Waals surface area (Å²) in [6.45, 7) is 0.527. The van der Waals surface area contributed by atoms with Gasteiger partial charge in [-0.2, -0.15) is 0 Å². The Hall–Kier alpha value is -2.55. The highest BCUT2D eigenvalue weighted by Gasteiger charge is 2.11. The van der Waals surface area contributed by atoms with Gasteiger partial charge in [0.15, 0.2) is 15.8 Å². The normalized spacial score (nSPS) is 12.1. The molecule has 0 aliphatic heterocycles. The van der Waals surface area contributed by atoms with Crippen LogP contribution in [0.2, 0.25) is 0 Å². The molecular weight excluding hydrogens is 391 g/mol. The number of benzene rings is 2. The first-order valence-corrected chi connectivity index (χ1v) is 10.6. The van der Waals surface area contributed by atoms with Crippen LogP contribution in [0.5, 0.6) is 0 Å². The van der Waals surface area contributed by atoms with Crippen molar-refractivity contribution in [3.05, 3.63) is 70.5 Å². The molecule has 0 saturated carbocycles. The van der Waals surface area contributed by atoms with Crippen molar-refractivity contribution in [1.82, 2.24) is 10.6 Å². The minimum Gasteiger partial charge on any atom is -0.356 e. The van der Waals surface area contributed by atoms with E-state index < -0.39 is 27.3 Å². The summed E-state index contributed by atoms with van der Waals surface area (Å²) < 4.78 is 63.1. The van der Waals surface area contributed by atoms with Crippen molar-refractivity contribution < 1.29 is 21.6 Å². The second-order valence-electron chi connectivity index (χ2n) is 6.36. The summed E-state index contributed by atoms with van der Waals surface area (Å²) in [5, 5.41) is 5.97. The molecule has 0 heterocycles. The topological polar surface area (TPSA) is 70.6 Å². The highest BCUT2D eigenvalue weighted by Crippen LogP contribution is 2.14. The SMILES string of the molecule is CN=C(NCCc1cc(F)cc(F)c1)NCc1cc(F)ccc1CS(C)(=O)=O. The molecule has 0 aromatic heterocycles. The average molecular weight is 413 g/mol. The molecule has 28 heavy (non-hydrogen) atoms. The number of hydrogen-bond donors (Lipinski definition) is 2. The predicted octanol–water partition coefficient (Wildman–Crippen LogP) is 2.56. The molecule has 0 unspecified atom stereocenters. The Bertz CT molecular complexity index is 943. The molecular formula is C19H22F3N3O2S. The first-order chi connectivity index (χ1) is 13.2. The van der Waals surface area contributed by atoms with Crippen LogP contribution < -0.4 is 10.6 Å². The van der Waals surface area contributed by atoms with Gasteiger partial charge in [-0.25, -0.2) is 21.6 Å². The van der Waals surface area contributed by atoms with Gasteiger partial charge >= 0.3 is 0 Å². The molecule has 0 atom stereocenters. The first-order valence-electron chi connectivity index (χ1n) is 8.51. The molecule has 152 valence electrons. The summed E-state index contributed by atoms with van der Waals surface area (Å²) >= 11 is 0. The van der Waals surface area contributed by atoms with Gasteiger partial charge in [-0.05, 0) is 47.4 Å². The number of halogens is 3. The molecule has 2 aromatic rings. The molecule has 0 bridgehead atoms. The molecule has 0 saturated heterocycles. The fourth-order valence-electron chi connectivity index (χ4n) is 2.66. The van der Waals surface area contributed by atoms with E-state index >= 15 is 0 Å². The molecule has 0 fully saturated rings. The summed E-state index contributed by atoms with van der Waals surface area (Å²) in [6.07, 6.45) is 1.48. The zero-order valence-electron chi connectivity index (χ0n) is 15.6. The van der Waals surface area contributed by atoms with E-state index in [1.807, 2.05) is 0 Å². The molecule has 0 spiro atoms. The first kappa shape index (κ1) is 21.7. The van der Waals surface area contributed by atoms with Crippen LogP contribution in [-0.4, -0.2) is 34.2 Å². The molecule has 0 aliphatic carbocycles. The molecule has 0 aliphatic rings. The maximum atomic E-state index is 13.6. The van der Waals surface area contributed by atoms with Crippen molar-refractivity contribution in [2.75, 3.05) is 19.8 Å². The van der Waals surface area contributed by atoms with Crippen molar-refractivity contribution >= 4 is 15.8 Å². The largest absolute Gasteiger partial charge is 0.356 e. The van der Waals surface area contributed by atoms with E-state index in [4.69, 9.17) is 0 Å². The lowest BCUT2D eigenvalue weighted by atomic mass is 10.1. The van der Waals surface area contributed by atoms with Crippen LogP contribution in [0.4, 0.5) is 13.2 Å². The fraction of sp³-hybridized carbons (Fsp3) is 0.316. The predicted molar refractivity (Wildman–Crippen MR) is 103 cm³/mol. The Morgan fingerprint density at radius 3 is 2.25 bits per heavy atom. The van der Waals surface area contributed by atoms with Crippen molar-refractivity contribution in [3.8, 4) is 0 Å². The number of sulfone groups is 1. The molecule has 2 N–H and O–H groups in total.